The minimum atomic E-state index is -4.24. The molecule has 2 atom stereocenters. The summed E-state index contributed by atoms with van der Waals surface area (Å²) in [4.78, 5) is 14.4. The summed E-state index contributed by atoms with van der Waals surface area (Å²) in [5.74, 6) is 0.747. The van der Waals surface area contributed by atoms with E-state index in [2.05, 4.69) is 44.9 Å². The van der Waals surface area contributed by atoms with Crippen molar-refractivity contribution >= 4 is 38.3 Å². The number of alkyl halides is 3. The largest absolute Gasteiger partial charge is 0.393 e. The first-order valence-electron chi connectivity index (χ1n) is 13.9. The third-order valence-corrected chi connectivity index (χ3v) is 9.85. The number of likely N-dealkylation sites (tertiary alicyclic amines) is 1. The molecule has 0 aliphatic carbocycles. The van der Waals surface area contributed by atoms with E-state index in [0.717, 1.165) is 79.0 Å². The average Bonchev–Trinajstić information content (AvgIpc) is 3.70. The van der Waals surface area contributed by atoms with Crippen molar-refractivity contribution in [2.45, 2.75) is 58.5 Å². The van der Waals surface area contributed by atoms with Gasteiger partial charge in [-0.15, -0.1) is 11.3 Å². The molecule has 0 bridgehead atoms. The average molecular weight is 583 g/mol. The molecule has 0 N–H and O–H groups in total. The highest BCUT2D eigenvalue weighted by molar-refractivity contribution is 7.18. The van der Waals surface area contributed by atoms with E-state index < -0.39 is 12.6 Å². The molecule has 5 heterocycles. The summed E-state index contributed by atoms with van der Waals surface area (Å²) >= 11 is 1.10. The molecule has 2 aliphatic rings. The maximum atomic E-state index is 13.0. The van der Waals surface area contributed by atoms with Crippen LogP contribution in [-0.4, -0.2) is 65.0 Å². The number of halogens is 3. The third-order valence-electron chi connectivity index (χ3n) is 8.81. The zero-order valence-electron chi connectivity index (χ0n) is 23.5. The zero-order chi connectivity index (χ0) is 28.9. The van der Waals surface area contributed by atoms with Crippen LogP contribution in [0.2, 0.25) is 0 Å². The minimum Gasteiger partial charge on any atom is -0.380 e. The minimum absolute atomic E-state index is 0.00423. The Morgan fingerprint density at radius 3 is 2.71 bits per heavy atom. The lowest BCUT2D eigenvalue weighted by atomic mass is 9.86. The second-order valence-electron chi connectivity index (χ2n) is 11.6. The quantitative estimate of drug-likeness (QED) is 0.264. The molecular weight excluding hydrogens is 549 g/mol. The van der Waals surface area contributed by atoms with E-state index in [1.54, 1.807) is 13.2 Å². The maximum absolute atomic E-state index is 13.0. The van der Waals surface area contributed by atoms with Crippen molar-refractivity contribution in [3.63, 3.8) is 0 Å². The molecule has 2 fully saturated rings. The van der Waals surface area contributed by atoms with Gasteiger partial charge < -0.3 is 14.2 Å². The molecule has 0 radical (unpaired) electrons. The van der Waals surface area contributed by atoms with Crippen molar-refractivity contribution < 1.29 is 17.9 Å². The Hall–Kier alpha value is -3.20. The van der Waals surface area contributed by atoms with Crippen LogP contribution < -0.4 is 4.90 Å². The molecule has 2 saturated heterocycles. The third kappa shape index (κ3) is 5.41. The number of aryl methyl sites for hydroxylation is 1. The van der Waals surface area contributed by atoms with Gasteiger partial charge in [0.2, 0.25) is 0 Å². The Morgan fingerprint density at radius 1 is 1.15 bits per heavy atom. The molecule has 7 nitrogen and oxygen atoms in total. The molecule has 0 amide bonds. The highest BCUT2D eigenvalue weighted by Gasteiger charge is 2.44. The fourth-order valence-corrected chi connectivity index (χ4v) is 7.62. The van der Waals surface area contributed by atoms with Crippen molar-refractivity contribution in [2.24, 2.45) is 5.41 Å². The maximum Gasteiger partial charge on any atom is 0.393 e. The Bertz CT molecular complexity index is 1640. The van der Waals surface area contributed by atoms with Gasteiger partial charge in [0.15, 0.2) is 0 Å². The van der Waals surface area contributed by atoms with Gasteiger partial charge >= 0.3 is 6.18 Å². The molecule has 2 unspecified atom stereocenters. The standard InChI is InChI=1S/C30H33F3N6OS/c1-19(40-3)14-39-22(13-34)10-24-20(2)21(4-5-26(24)39)15-37-8-6-29(16-37)7-9-38(17-29)27-25-11-23(12-30(31,32)33)41-28(25)36-18-35-27/h4-5,10-11,18-19H,6-9,12,14-17H2,1-3H3. The summed E-state index contributed by atoms with van der Waals surface area (Å²) in [5.41, 5.74) is 4.30. The van der Waals surface area contributed by atoms with Gasteiger partial charge in [0.25, 0.3) is 0 Å². The number of nitrogens with zero attached hydrogens (tertiary/aromatic N) is 6. The molecular formula is C30H33F3N6OS. The number of thiophene rings is 1. The first kappa shape index (κ1) is 27.9. The van der Waals surface area contributed by atoms with Gasteiger partial charge in [-0.25, -0.2) is 9.97 Å². The molecule has 41 heavy (non-hydrogen) atoms. The van der Waals surface area contributed by atoms with E-state index in [1.807, 2.05) is 17.6 Å². The summed E-state index contributed by atoms with van der Waals surface area (Å²) in [7, 11) is 1.68. The van der Waals surface area contributed by atoms with Crippen molar-refractivity contribution in [3.05, 3.63) is 52.3 Å². The summed E-state index contributed by atoms with van der Waals surface area (Å²) in [6.45, 7) is 9.24. The van der Waals surface area contributed by atoms with E-state index in [0.29, 0.717) is 17.1 Å². The van der Waals surface area contributed by atoms with Crippen LogP contribution in [0.5, 0.6) is 0 Å². The monoisotopic (exact) mass is 582 g/mol. The number of fused-ring (bicyclic) bond motifs is 2. The number of ether oxygens (including phenoxy) is 1. The molecule has 3 aromatic heterocycles. The molecule has 216 valence electrons. The summed E-state index contributed by atoms with van der Waals surface area (Å²) in [6.07, 6.45) is -1.61. The normalized spacial score (nSPS) is 20.6. The topological polar surface area (TPSA) is 70.2 Å². The van der Waals surface area contributed by atoms with Gasteiger partial charge in [-0.1, -0.05) is 6.07 Å². The predicted molar refractivity (Wildman–Crippen MR) is 154 cm³/mol. The van der Waals surface area contributed by atoms with Crippen LogP contribution in [0, 0.1) is 23.7 Å². The predicted octanol–water partition coefficient (Wildman–Crippen LogP) is 6.07. The molecule has 2 aliphatic heterocycles. The number of rotatable bonds is 7. The molecule has 11 heteroatoms. The van der Waals surface area contributed by atoms with Crippen molar-refractivity contribution in [1.82, 2.24) is 19.4 Å². The van der Waals surface area contributed by atoms with Gasteiger partial charge in [0, 0.05) is 61.0 Å². The first-order valence-corrected chi connectivity index (χ1v) is 14.7. The van der Waals surface area contributed by atoms with Crippen LogP contribution in [-0.2, 0) is 24.2 Å². The van der Waals surface area contributed by atoms with Gasteiger partial charge in [0.05, 0.1) is 17.9 Å². The summed E-state index contributed by atoms with van der Waals surface area (Å²) in [5, 5.41) is 11.6. The Kier molecular flexibility index (Phi) is 7.20. The van der Waals surface area contributed by atoms with E-state index in [9.17, 15) is 18.4 Å². The Morgan fingerprint density at radius 2 is 1.95 bits per heavy atom. The second kappa shape index (κ2) is 10.6. The molecule has 6 rings (SSSR count). The van der Waals surface area contributed by atoms with Crippen LogP contribution >= 0.6 is 11.3 Å². The number of anilines is 1. The van der Waals surface area contributed by atoms with Crippen LogP contribution in [0.3, 0.4) is 0 Å². The number of methoxy groups -OCH3 is 1. The van der Waals surface area contributed by atoms with E-state index in [1.165, 1.54) is 17.5 Å². The Labute approximate surface area is 241 Å². The lowest BCUT2D eigenvalue weighted by Gasteiger charge is -2.26. The van der Waals surface area contributed by atoms with Gasteiger partial charge in [-0.3, -0.25) is 4.90 Å². The van der Waals surface area contributed by atoms with Gasteiger partial charge in [0.1, 0.15) is 28.7 Å². The number of hydrogen-bond acceptors (Lipinski definition) is 7. The van der Waals surface area contributed by atoms with Crippen LogP contribution in [0.15, 0.2) is 30.6 Å². The summed E-state index contributed by atoms with van der Waals surface area (Å²) in [6, 6.07) is 10.3. The van der Waals surface area contributed by atoms with Crippen molar-refractivity contribution in [1.29, 1.82) is 5.26 Å². The number of nitriles is 1. The van der Waals surface area contributed by atoms with Crippen LogP contribution in [0.4, 0.5) is 19.0 Å². The van der Waals surface area contributed by atoms with E-state index in [-0.39, 0.29) is 16.4 Å². The number of benzene rings is 1. The highest BCUT2D eigenvalue weighted by Crippen LogP contribution is 2.43. The lowest BCUT2D eigenvalue weighted by Crippen LogP contribution is -2.31. The Balaban J connectivity index is 1.17. The fourth-order valence-electron chi connectivity index (χ4n) is 6.60. The van der Waals surface area contributed by atoms with Crippen LogP contribution in [0.1, 0.15) is 41.5 Å². The van der Waals surface area contributed by atoms with Gasteiger partial charge in [-0.2, -0.15) is 18.4 Å². The van der Waals surface area contributed by atoms with Crippen LogP contribution in [0.25, 0.3) is 21.1 Å². The highest BCUT2D eigenvalue weighted by atomic mass is 32.1. The number of hydrogen-bond donors (Lipinski definition) is 0. The summed E-state index contributed by atoms with van der Waals surface area (Å²) < 4.78 is 46.5. The fraction of sp³-hybridized carbons (Fsp3) is 0.500. The van der Waals surface area contributed by atoms with Crippen molar-refractivity contribution in [3.8, 4) is 6.07 Å². The first-order chi connectivity index (χ1) is 19.6. The zero-order valence-corrected chi connectivity index (χ0v) is 24.3. The SMILES string of the molecule is COC(C)Cn1c(C#N)cc2c(C)c(CN3CCC4(CCN(c5ncnc6sc(CC(F)(F)F)cc56)C4)C3)ccc21. The molecule has 1 spiro atoms. The van der Waals surface area contributed by atoms with Crippen molar-refractivity contribution in [2.75, 3.05) is 38.2 Å². The van der Waals surface area contributed by atoms with E-state index in [4.69, 9.17) is 4.74 Å². The molecule has 0 saturated carbocycles. The molecule has 1 aromatic carbocycles. The number of aromatic nitrogens is 3. The van der Waals surface area contributed by atoms with Gasteiger partial charge in [-0.05, 0) is 62.6 Å². The second-order valence-corrected chi connectivity index (χ2v) is 12.7. The molecule has 4 aromatic rings. The smallest absolute Gasteiger partial charge is 0.380 e. The lowest BCUT2D eigenvalue weighted by molar-refractivity contribution is -0.126. The van der Waals surface area contributed by atoms with E-state index >= 15 is 0 Å².